The number of para-hydroxylation sites is 1. The Bertz CT molecular complexity index is 528. The summed E-state index contributed by atoms with van der Waals surface area (Å²) in [7, 11) is 0. The van der Waals surface area contributed by atoms with Gasteiger partial charge in [0.1, 0.15) is 0 Å². The maximum atomic E-state index is 3.94. The molecule has 2 aromatic carbocycles. The van der Waals surface area contributed by atoms with E-state index in [1.165, 1.54) is 22.4 Å². The third-order valence-electron chi connectivity index (χ3n) is 3.12. The zero-order valence-corrected chi connectivity index (χ0v) is 11.5. The van der Waals surface area contributed by atoms with Crippen LogP contribution in [-0.2, 0) is 6.42 Å². The Hall–Kier alpha value is -2.02. The van der Waals surface area contributed by atoms with E-state index in [4.69, 9.17) is 0 Å². The number of rotatable bonds is 6. The molecule has 0 heterocycles. The highest BCUT2D eigenvalue weighted by Crippen LogP contribution is 2.19. The van der Waals surface area contributed by atoms with Crippen LogP contribution >= 0.6 is 0 Å². The molecule has 1 nitrogen and oxygen atoms in total. The van der Waals surface area contributed by atoms with Crippen molar-refractivity contribution in [3.05, 3.63) is 77.9 Å². The molecule has 0 aliphatic heterocycles. The van der Waals surface area contributed by atoms with Crippen molar-refractivity contribution in [2.24, 2.45) is 0 Å². The molecule has 0 amide bonds. The van der Waals surface area contributed by atoms with E-state index in [0.717, 1.165) is 19.4 Å². The summed E-state index contributed by atoms with van der Waals surface area (Å²) in [5.74, 6) is 0. The van der Waals surface area contributed by atoms with Gasteiger partial charge in [-0.05, 0) is 37.0 Å². The second kappa shape index (κ2) is 6.79. The fourth-order valence-electron chi connectivity index (χ4n) is 2.07. The van der Waals surface area contributed by atoms with Gasteiger partial charge in [0.2, 0.25) is 0 Å². The van der Waals surface area contributed by atoms with E-state index in [-0.39, 0.29) is 0 Å². The third-order valence-corrected chi connectivity index (χ3v) is 3.12. The van der Waals surface area contributed by atoms with Crippen LogP contribution in [0.25, 0.3) is 0 Å². The van der Waals surface area contributed by atoms with Gasteiger partial charge in [-0.2, -0.15) is 0 Å². The van der Waals surface area contributed by atoms with Gasteiger partial charge in [0.05, 0.1) is 0 Å². The SMILES string of the molecule is C=C(C)CCNc1ccccc1Cc1ccccc1. The summed E-state index contributed by atoms with van der Waals surface area (Å²) < 4.78 is 0. The van der Waals surface area contributed by atoms with Crippen LogP contribution in [0.1, 0.15) is 24.5 Å². The molecule has 2 aromatic rings. The Labute approximate surface area is 116 Å². The molecule has 19 heavy (non-hydrogen) atoms. The Morgan fingerprint density at radius 3 is 2.42 bits per heavy atom. The van der Waals surface area contributed by atoms with E-state index in [2.05, 4.69) is 73.4 Å². The predicted molar refractivity (Wildman–Crippen MR) is 83.6 cm³/mol. The van der Waals surface area contributed by atoms with Gasteiger partial charge in [0, 0.05) is 12.2 Å². The van der Waals surface area contributed by atoms with E-state index < -0.39 is 0 Å². The van der Waals surface area contributed by atoms with Crippen molar-refractivity contribution >= 4 is 5.69 Å². The summed E-state index contributed by atoms with van der Waals surface area (Å²) in [6.45, 7) is 6.95. The summed E-state index contributed by atoms with van der Waals surface area (Å²) in [5, 5.41) is 3.50. The topological polar surface area (TPSA) is 12.0 Å². The fourth-order valence-corrected chi connectivity index (χ4v) is 2.07. The van der Waals surface area contributed by atoms with Crippen molar-refractivity contribution in [1.29, 1.82) is 0 Å². The third kappa shape index (κ3) is 4.29. The second-order valence-electron chi connectivity index (χ2n) is 4.95. The van der Waals surface area contributed by atoms with Gasteiger partial charge in [-0.15, -0.1) is 6.58 Å². The predicted octanol–water partition coefficient (Wildman–Crippen LogP) is 4.66. The molecule has 1 N–H and O–H groups in total. The van der Waals surface area contributed by atoms with Gasteiger partial charge in [-0.3, -0.25) is 0 Å². The monoisotopic (exact) mass is 251 g/mol. The summed E-state index contributed by atoms with van der Waals surface area (Å²) in [4.78, 5) is 0. The molecule has 0 radical (unpaired) electrons. The quantitative estimate of drug-likeness (QED) is 0.736. The molecule has 0 spiro atoms. The first-order chi connectivity index (χ1) is 9.25. The van der Waals surface area contributed by atoms with Gasteiger partial charge in [0.25, 0.3) is 0 Å². The van der Waals surface area contributed by atoms with E-state index in [0.29, 0.717) is 0 Å². The molecule has 0 aliphatic carbocycles. The zero-order valence-electron chi connectivity index (χ0n) is 11.5. The smallest absolute Gasteiger partial charge is 0.0376 e. The van der Waals surface area contributed by atoms with E-state index in [1.807, 2.05) is 0 Å². The maximum Gasteiger partial charge on any atom is 0.0376 e. The molecule has 0 saturated carbocycles. The Morgan fingerprint density at radius 1 is 1.00 bits per heavy atom. The van der Waals surface area contributed by atoms with Crippen LogP contribution in [0.15, 0.2) is 66.7 Å². The number of hydrogen-bond acceptors (Lipinski definition) is 1. The normalized spacial score (nSPS) is 10.2. The molecule has 0 unspecified atom stereocenters. The van der Waals surface area contributed by atoms with Crippen LogP contribution in [0, 0.1) is 0 Å². The zero-order chi connectivity index (χ0) is 13.5. The fraction of sp³-hybridized carbons (Fsp3) is 0.222. The Kier molecular flexibility index (Phi) is 4.79. The minimum atomic E-state index is 0.946. The first-order valence-electron chi connectivity index (χ1n) is 6.76. The van der Waals surface area contributed by atoms with E-state index >= 15 is 0 Å². The average molecular weight is 251 g/mol. The molecule has 0 fully saturated rings. The molecule has 2 rings (SSSR count). The van der Waals surface area contributed by atoms with Gasteiger partial charge in [-0.1, -0.05) is 54.1 Å². The van der Waals surface area contributed by atoms with Crippen LogP contribution in [0.2, 0.25) is 0 Å². The molecule has 0 aromatic heterocycles. The number of benzene rings is 2. The molecule has 0 atom stereocenters. The largest absolute Gasteiger partial charge is 0.384 e. The highest BCUT2D eigenvalue weighted by Gasteiger charge is 2.02. The van der Waals surface area contributed by atoms with Crippen molar-refractivity contribution < 1.29 is 0 Å². The summed E-state index contributed by atoms with van der Waals surface area (Å²) >= 11 is 0. The molecular weight excluding hydrogens is 230 g/mol. The summed E-state index contributed by atoms with van der Waals surface area (Å²) in [5.41, 5.74) is 5.13. The van der Waals surface area contributed by atoms with Gasteiger partial charge in [-0.25, -0.2) is 0 Å². The lowest BCUT2D eigenvalue weighted by Crippen LogP contribution is -2.04. The number of nitrogens with one attached hydrogen (secondary N) is 1. The molecular formula is C18H21N. The highest BCUT2D eigenvalue weighted by atomic mass is 14.9. The lowest BCUT2D eigenvalue weighted by molar-refractivity contribution is 0.996. The van der Waals surface area contributed by atoms with Crippen LogP contribution in [-0.4, -0.2) is 6.54 Å². The molecule has 0 bridgehead atoms. The maximum absolute atomic E-state index is 3.94. The highest BCUT2D eigenvalue weighted by molar-refractivity contribution is 5.52. The molecule has 98 valence electrons. The lowest BCUT2D eigenvalue weighted by Gasteiger charge is -2.12. The number of hydrogen-bond donors (Lipinski definition) is 1. The van der Waals surface area contributed by atoms with Gasteiger partial charge in [0.15, 0.2) is 0 Å². The van der Waals surface area contributed by atoms with Crippen LogP contribution in [0.4, 0.5) is 5.69 Å². The Morgan fingerprint density at radius 2 is 1.68 bits per heavy atom. The van der Waals surface area contributed by atoms with Crippen molar-refractivity contribution in [3.8, 4) is 0 Å². The van der Waals surface area contributed by atoms with Crippen molar-refractivity contribution in [3.63, 3.8) is 0 Å². The van der Waals surface area contributed by atoms with E-state index in [9.17, 15) is 0 Å². The van der Waals surface area contributed by atoms with Crippen molar-refractivity contribution in [2.45, 2.75) is 19.8 Å². The lowest BCUT2D eigenvalue weighted by atomic mass is 10.0. The molecule has 0 aliphatic rings. The molecule has 0 saturated heterocycles. The van der Waals surface area contributed by atoms with Crippen LogP contribution in [0.5, 0.6) is 0 Å². The van der Waals surface area contributed by atoms with Crippen molar-refractivity contribution in [1.82, 2.24) is 0 Å². The van der Waals surface area contributed by atoms with Crippen LogP contribution in [0.3, 0.4) is 0 Å². The second-order valence-corrected chi connectivity index (χ2v) is 4.95. The minimum absolute atomic E-state index is 0.946. The van der Waals surface area contributed by atoms with Gasteiger partial charge < -0.3 is 5.32 Å². The first-order valence-corrected chi connectivity index (χ1v) is 6.76. The minimum Gasteiger partial charge on any atom is -0.384 e. The Balaban J connectivity index is 2.06. The first kappa shape index (κ1) is 13.4. The van der Waals surface area contributed by atoms with Gasteiger partial charge >= 0.3 is 0 Å². The average Bonchev–Trinajstić information content (AvgIpc) is 2.41. The number of anilines is 1. The van der Waals surface area contributed by atoms with Crippen LogP contribution < -0.4 is 5.32 Å². The van der Waals surface area contributed by atoms with E-state index in [1.54, 1.807) is 0 Å². The standard InChI is InChI=1S/C18H21N/c1-15(2)12-13-19-18-11-7-6-10-17(18)14-16-8-4-3-5-9-16/h3-11,19H,1,12-14H2,2H3. The molecule has 1 heteroatoms. The van der Waals surface area contributed by atoms with Crippen molar-refractivity contribution in [2.75, 3.05) is 11.9 Å². The summed E-state index contributed by atoms with van der Waals surface area (Å²) in [6.07, 6.45) is 1.98. The summed E-state index contributed by atoms with van der Waals surface area (Å²) in [6, 6.07) is 19.1.